The molecule has 104 valence electrons. The normalized spacial score (nSPS) is 11.9. The minimum atomic E-state index is 0.635. The number of fused-ring (bicyclic) bond motifs is 1. The Hall–Kier alpha value is -0.940. The van der Waals surface area contributed by atoms with E-state index in [9.17, 15) is 0 Å². The van der Waals surface area contributed by atoms with Gasteiger partial charge in [-0.1, -0.05) is 18.2 Å². The fourth-order valence-corrected chi connectivity index (χ4v) is 3.30. The molecule has 2 aromatic rings. The minimum absolute atomic E-state index is 0.635. The Morgan fingerprint density at radius 2 is 1.84 bits per heavy atom. The summed E-state index contributed by atoms with van der Waals surface area (Å²) < 4.78 is 1.35. The molecule has 0 aliphatic carbocycles. The molecule has 1 aromatic carbocycles. The first-order valence-corrected chi connectivity index (χ1v) is 7.46. The molecule has 0 unspecified atom stereocenters. The van der Waals surface area contributed by atoms with Crippen LogP contribution >= 0.6 is 11.3 Å². The molecule has 0 saturated carbocycles. The Balaban J connectivity index is 2.18. The highest BCUT2D eigenvalue weighted by Crippen LogP contribution is 2.31. The number of nitrogens with two attached hydrogens (primary N) is 1. The smallest absolute Gasteiger partial charge is 0.0349 e. The van der Waals surface area contributed by atoms with Gasteiger partial charge in [0.05, 0.1) is 0 Å². The summed E-state index contributed by atoms with van der Waals surface area (Å²) >= 11 is 1.83. The predicted octanol–water partition coefficient (Wildman–Crippen LogP) is 2.35. The van der Waals surface area contributed by atoms with Crippen molar-refractivity contribution in [2.75, 3.05) is 34.2 Å². The van der Waals surface area contributed by atoms with Crippen molar-refractivity contribution in [3.63, 3.8) is 0 Å². The summed E-state index contributed by atoms with van der Waals surface area (Å²) in [5.74, 6) is 0. The molecule has 2 N–H and O–H groups in total. The lowest BCUT2D eigenvalue weighted by Gasteiger charge is -2.19. The van der Waals surface area contributed by atoms with E-state index in [2.05, 4.69) is 55.2 Å². The van der Waals surface area contributed by atoms with Crippen molar-refractivity contribution in [1.29, 1.82) is 0 Å². The van der Waals surface area contributed by atoms with Crippen molar-refractivity contribution in [2.24, 2.45) is 5.73 Å². The fourth-order valence-electron chi connectivity index (χ4n) is 2.21. The van der Waals surface area contributed by atoms with Gasteiger partial charge in [-0.15, -0.1) is 11.3 Å². The summed E-state index contributed by atoms with van der Waals surface area (Å²) in [5.41, 5.74) is 7.30. The maximum Gasteiger partial charge on any atom is 0.0349 e. The molecule has 1 aromatic heterocycles. The van der Waals surface area contributed by atoms with Gasteiger partial charge in [0.1, 0.15) is 0 Å². The van der Waals surface area contributed by atoms with Crippen LogP contribution in [0.25, 0.3) is 10.1 Å². The highest BCUT2D eigenvalue weighted by molar-refractivity contribution is 7.19. The van der Waals surface area contributed by atoms with Gasteiger partial charge in [-0.3, -0.25) is 0 Å². The van der Waals surface area contributed by atoms with Crippen molar-refractivity contribution in [3.05, 3.63) is 34.7 Å². The van der Waals surface area contributed by atoms with Gasteiger partial charge in [-0.25, -0.2) is 0 Å². The quantitative estimate of drug-likeness (QED) is 0.880. The monoisotopic (exact) mass is 277 g/mol. The molecule has 19 heavy (non-hydrogen) atoms. The van der Waals surface area contributed by atoms with Crippen LogP contribution in [-0.2, 0) is 13.1 Å². The number of hydrogen-bond donors (Lipinski definition) is 1. The largest absolute Gasteiger partial charge is 0.326 e. The molecule has 0 spiro atoms. The van der Waals surface area contributed by atoms with Crippen molar-refractivity contribution >= 4 is 21.4 Å². The summed E-state index contributed by atoms with van der Waals surface area (Å²) in [7, 11) is 6.40. The molecular formula is C15H23N3S. The van der Waals surface area contributed by atoms with E-state index >= 15 is 0 Å². The first-order valence-electron chi connectivity index (χ1n) is 6.64. The molecule has 0 aliphatic heterocycles. The summed E-state index contributed by atoms with van der Waals surface area (Å²) in [4.78, 5) is 5.90. The van der Waals surface area contributed by atoms with E-state index < -0.39 is 0 Å². The summed E-state index contributed by atoms with van der Waals surface area (Å²) in [5, 5.41) is 1.37. The Labute approximate surface area is 119 Å². The molecule has 0 radical (unpaired) electrons. The third kappa shape index (κ3) is 3.54. The number of thiophene rings is 1. The second kappa shape index (κ2) is 6.48. The van der Waals surface area contributed by atoms with Crippen LogP contribution in [0.1, 0.15) is 10.4 Å². The van der Waals surface area contributed by atoms with E-state index in [1.165, 1.54) is 20.5 Å². The lowest BCUT2D eigenvalue weighted by atomic mass is 10.1. The highest BCUT2D eigenvalue weighted by Gasteiger charge is 2.12. The molecule has 1 heterocycles. The van der Waals surface area contributed by atoms with E-state index in [1.807, 2.05) is 11.3 Å². The Kier molecular flexibility index (Phi) is 4.93. The van der Waals surface area contributed by atoms with E-state index in [4.69, 9.17) is 5.73 Å². The van der Waals surface area contributed by atoms with E-state index in [0.717, 1.165) is 19.6 Å². The average molecular weight is 277 g/mol. The maximum absolute atomic E-state index is 5.90. The Morgan fingerprint density at radius 3 is 2.53 bits per heavy atom. The standard InChI is InChI=1S/C15H23N3S/c1-17(2)8-9-18(3)11-13-12-6-4-5-7-14(12)19-15(13)10-16/h4-7H,8-11,16H2,1-3H3. The fraction of sp³-hybridized carbons (Fsp3) is 0.467. The summed E-state index contributed by atoms with van der Waals surface area (Å²) in [6.07, 6.45) is 0. The van der Waals surface area contributed by atoms with Crippen LogP contribution in [-0.4, -0.2) is 44.0 Å². The van der Waals surface area contributed by atoms with Gasteiger partial charge in [0.2, 0.25) is 0 Å². The SMILES string of the molecule is CN(C)CCN(C)Cc1c(CN)sc2ccccc12. The number of nitrogens with zero attached hydrogens (tertiary/aromatic N) is 2. The van der Waals surface area contributed by atoms with Crippen LogP contribution in [0, 0.1) is 0 Å². The van der Waals surface area contributed by atoms with Crippen LogP contribution < -0.4 is 5.73 Å². The molecule has 0 bridgehead atoms. The van der Waals surface area contributed by atoms with Crippen molar-refractivity contribution < 1.29 is 0 Å². The summed E-state index contributed by atoms with van der Waals surface area (Å²) in [6.45, 7) is 3.76. The Morgan fingerprint density at radius 1 is 1.11 bits per heavy atom. The second-order valence-corrected chi connectivity index (χ2v) is 6.38. The van der Waals surface area contributed by atoms with Gasteiger partial charge in [-0.05, 0) is 38.2 Å². The van der Waals surface area contributed by atoms with Gasteiger partial charge in [0.15, 0.2) is 0 Å². The molecule has 0 amide bonds. The van der Waals surface area contributed by atoms with E-state index in [0.29, 0.717) is 6.54 Å². The first kappa shape index (κ1) is 14.5. The third-order valence-corrected chi connectivity index (χ3v) is 4.56. The number of rotatable bonds is 6. The summed E-state index contributed by atoms with van der Waals surface area (Å²) in [6, 6.07) is 8.60. The van der Waals surface area contributed by atoms with E-state index in [-0.39, 0.29) is 0 Å². The van der Waals surface area contributed by atoms with Crippen LogP contribution in [0.2, 0.25) is 0 Å². The number of hydrogen-bond acceptors (Lipinski definition) is 4. The molecule has 0 aliphatic rings. The lowest BCUT2D eigenvalue weighted by Crippen LogP contribution is -2.28. The van der Waals surface area contributed by atoms with E-state index in [1.54, 1.807) is 0 Å². The zero-order chi connectivity index (χ0) is 13.8. The van der Waals surface area contributed by atoms with Crippen LogP contribution in [0.5, 0.6) is 0 Å². The topological polar surface area (TPSA) is 32.5 Å². The molecule has 4 heteroatoms. The molecule has 0 fully saturated rings. The molecule has 2 rings (SSSR count). The predicted molar refractivity (Wildman–Crippen MR) is 84.6 cm³/mol. The lowest BCUT2D eigenvalue weighted by molar-refractivity contribution is 0.277. The minimum Gasteiger partial charge on any atom is -0.326 e. The van der Waals surface area contributed by atoms with Crippen molar-refractivity contribution in [3.8, 4) is 0 Å². The van der Waals surface area contributed by atoms with Crippen LogP contribution in [0.3, 0.4) is 0 Å². The Bertz CT molecular complexity index is 533. The second-order valence-electron chi connectivity index (χ2n) is 5.25. The highest BCUT2D eigenvalue weighted by atomic mass is 32.1. The van der Waals surface area contributed by atoms with Gasteiger partial charge >= 0.3 is 0 Å². The number of likely N-dealkylation sites (N-methyl/N-ethyl adjacent to an activating group) is 2. The van der Waals surface area contributed by atoms with Crippen molar-refractivity contribution in [1.82, 2.24) is 9.80 Å². The molecule has 0 saturated heterocycles. The van der Waals surface area contributed by atoms with Gasteiger partial charge in [0, 0.05) is 35.8 Å². The van der Waals surface area contributed by atoms with Crippen LogP contribution in [0.4, 0.5) is 0 Å². The third-order valence-electron chi connectivity index (χ3n) is 3.32. The van der Waals surface area contributed by atoms with Crippen LogP contribution in [0.15, 0.2) is 24.3 Å². The molecule has 3 nitrogen and oxygen atoms in total. The van der Waals surface area contributed by atoms with Gasteiger partial charge in [-0.2, -0.15) is 0 Å². The zero-order valence-corrected chi connectivity index (χ0v) is 12.8. The zero-order valence-electron chi connectivity index (χ0n) is 12.0. The number of benzene rings is 1. The first-order chi connectivity index (χ1) is 9.11. The molecular weight excluding hydrogens is 254 g/mol. The average Bonchev–Trinajstić information content (AvgIpc) is 2.75. The van der Waals surface area contributed by atoms with Gasteiger partial charge < -0.3 is 15.5 Å². The maximum atomic E-state index is 5.90. The van der Waals surface area contributed by atoms with Crippen molar-refractivity contribution in [2.45, 2.75) is 13.1 Å². The molecule has 0 atom stereocenters. The van der Waals surface area contributed by atoms with Gasteiger partial charge in [0.25, 0.3) is 0 Å².